The van der Waals surface area contributed by atoms with Gasteiger partial charge in [-0.15, -0.1) is 0 Å². The van der Waals surface area contributed by atoms with Crippen LogP contribution in [0.3, 0.4) is 0 Å². The fourth-order valence-corrected chi connectivity index (χ4v) is 1.95. The molecule has 1 aromatic carbocycles. The minimum atomic E-state index is -0.563. The first-order chi connectivity index (χ1) is 10.0. The number of nitrogens with one attached hydrogen (secondary N) is 1. The fraction of sp³-hybridized carbons (Fsp3) is 0.231. The van der Waals surface area contributed by atoms with Crippen molar-refractivity contribution < 1.29 is 14.3 Å². The molecule has 0 saturated heterocycles. The third-order valence-electron chi connectivity index (χ3n) is 2.73. The summed E-state index contributed by atoms with van der Waals surface area (Å²) >= 11 is 5.90. The van der Waals surface area contributed by atoms with E-state index < -0.39 is 5.91 Å². The van der Waals surface area contributed by atoms with Gasteiger partial charge in [-0.1, -0.05) is 17.7 Å². The zero-order chi connectivity index (χ0) is 15.4. The second-order valence-electron chi connectivity index (χ2n) is 4.27. The van der Waals surface area contributed by atoms with Crippen molar-refractivity contribution in [2.75, 3.05) is 7.11 Å². The molecule has 1 amide bonds. The summed E-state index contributed by atoms with van der Waals surface area (Å²) in [7, 11) is 1.57. The number of nitrogens with two attached hydrogens (primary N) is 1. The van der Waals surface area contributed by atoms with Crippen molar-refractivity contribution >= 4 is 17.5 Å². The highest BCUT2D eigenvalue weighted by atomic mass is 35.5. The summed E-state index contributed by atoms with van der Waals surface area (Å²) in [6.07, 6.45) is 1.48. The maximum Gasteiger partial charge on any atom is 0.287 e. The Bertz CT molecular complexity index is 657. The average molecular weight is 311 g/mol. The summed E-state index contributed by atoms with van der Waals surface area (Å²) in [4.78, 5) is 11.4. The van der Waals surface area contributed by atoms with Crippen LogP contribution in [0.4, 0.5) is 0 Å². The number of amides is 1. The van der Waals surface area contributed by atoms with Crippen LogP contribution in [0.2, 0.25) is 5.02 Å². The van der Waals surface area contributed by atoms with Crippen LogP contribution in [0.1, 0.15) is 16.1 Å². The Morgan fingerprint density at radius 2 is 2.24 bits per heavy atom. The highest BCUT2D eigenvalue weighted by Crippen LogP contribution is 2.28. The topological polar surface area (TPSA) is 91.4 Å². The van der Waals surface area contributed by atoms with E-state index in [0.29, 0.717) is 11.5 Å². The van der Waals surface area contributed by atoms with Crippen molar-refractivity contribution in [1.29, 1.82) is 0 Å². The van der Waals surface area contributed by atoms with Gasteiger partial charge >= 0.3 is 0 Å². The van der Waals surface area contributed by atoms with E-state index in [1.807, 2.05) is 24.5 Å². The third-order valence-corrected chi connectivity index (χ3v) is 3.01. The molecule has 8 heteroatoms. The zero-order valence-corrected chi connectivity index (χ0v) is 12.3. The first kappa shape index (κ1) is 15.1. The van der Waals surface area contributed by atoms with Gasteiger partial charge in [0.25, 0.3) is 5.91 Å². The van der Waals surface area contributed by atoms with Crippen molar-refractivity contribution in [3.63, 3.8) is 0 Å². The van der Waals surface area contributed by atoms with Crippen molar-refractivity contribution in [1.82, 2.24) is 15.2 Å². The number of carbonyl (C=O) groups excluding carboxylic acids is 1. The van der Waals surface area contributed by atoms with Crippen LogP contribution in [0.15, 0.2) is 24.4 Å². The Balaban J connectivity index is 2.12. The zero-order valence-electron chi connectivity index (χ0n) is 11.6. The molecule has 3 N–H and O–H groups in total. The molecule has 21 heavy (non-hydrogen) atoms. The molecule has 1 aromatic heterocycles. The lowest BCUT2D eigenvalue weighted by Gasteiger charge is -2.11. The number of hydrazine groups is 1. The van der Waals surface area contributed by atoms with Crippen LogP contribution < -0.4 is 20.7 Å². The summed E-state index contributed by atoms with van der Waals surface area (Å²) in [5, 5.41) is 4.19. The molecule has 0 fully saturated rings. The lowest BCUT2D eigenvalue weighted by molar-refractivity contribution is 0.0946. The van der Waals surface area contributed by atoms with Crippen molar-refractivity contribution in [2.24, 2.45) is 5.84 Å². The van der Waals surface area contributed by atoms with Crippen LogP contribution in [0.25, 0.3) is 0 Å². The van der Waals surface area contributed by atoms with E-state index in [0.717, 1.165) is 5.56 Å². The SMILES string of the molecule is COc1cc(C)ccc1OCn1cc(Cl)c(C(=O)NN)n1. The van der Waals surface area contributed by atoms with Crippen molar-refractivity contribution in [3.8, 4) is 11.5 Å². The Morgan fingerprint density at radius 1 is 1.48 bits per heavy atom. The second kappa shape index (κ2) is 6.47. The minimum absolute atomic E-state index is 0.0404. The molecule has 2 aromatic rings. The van der Waals surface area contributed by atoms with E-state index in [4.69, 9.17) is 26.9 Å². The summed E-state index contributed by atoms with van der Waals surface area (Å²) in [5.74, 6) is 5.67. The van der Waals surface area contributed by atoms with Crippen LogP contribution >= 0.6 is 11.6 Å². The van der Waals surface area contributed by atoms with Crippen LogP contribution in [-0.4, -0.2) is 22.8 Å². The van der Waals surface area contributed by atoms with Gasteiger partial charge in [-0.3, -0.25) is 10.2 Å². The van der Waals surface area contributed by atoms with Gasteiger partial charge in [0.1, 0.15) is 0 Å². The van der Waals surface area contributed by atoms with E-state index in [1.165, 1.54) is 10.9 Å². The quantitative estimate of drug-likeness (QED) is 0.496. The van der Waals surface area contributed by atoms with Gasteiger partial charge in [0, 0.05) is 6.20 Å². The molecule has 0 radical (unpaired) electrons. The lowest BCUT2D eigenvalue weighted by Crippen LogP contribution is -2.30. The van der Waals surface area contributed by atoms with Gasteiger partial charge in [0.05, 0.1) is 12.1 Å². The fourth-order valence-electron chi connectivity index (χ4n) is 1.72. The van der Waals surface area contributed by atoms with Crippen molar-refractivity contribution in [3.05, 3.63) is 40.7 Å². The number of carbonyl (C=O) groups is 1. The number of hydrogen-bond donors (Lipinski definition) is 2. The number of halogens is 1. The smallest absolute Gasteiger partial charge is 0.287 e. The highest BCUT2D eigenvalue weighted by Gasteiger charge is 2.14. The number of ether oxygens (including phenoxy) is 2. The number of nitrogen functional groups attached to an aromatic ring is 1. The Kier molecular flexibility index (Phi) is 4.66. The molecule has 7 nitrogen and oxygen atoms in total. The molecule has 0 saturated carbocycles. The number of nitrogens with zero attached hydrogens (tertiary/aromatic N) is 2. The molecule has 1 heterocycles. The molecule has 0 unspecified atom stereocenters. The van der Waals surface area contributed by atoms with Crippen LogP contribution in [0, 0.1) is 6.92 Å². The third kappa shape index (κ3) is 3.45. The van der Waals surface area contributed by atoms with Crippen LogP contribution in [0.5, 0.6) is 11.5 Å². The average Bonchev–Trinajstić information content (AvgIpc) is 2.86. The predicted octanol–water partition coefficient (Wildman–Crippen LogP) is 1.49. The second-order valence-corrected chi connectivity index (χ2v) is 4.67. The number of hydrogen-bond acceptors (Lipinski definition) is 5. The number of rotatable bonds is 5. The summed E-state index contributed by atoms with van der Waals surface area (Å²) in [6, 6.07) is 5.56. The summed E-state index contributed by atoms with van der Waals surface area (Å²) in [5.41, 5.74) is 3.07. The highest BCUT2D eigenvalue weighted by molar-refractivity contribution is 6.33. The normalized spacial score (nSPS) is 10.3. The Hall–Kier alpha value is -2.25. The largest absolute Gasteiger partial charge is 0.493 e. The molecule has 112 valence electrons. The Labute approximate surface area is 126 Å². The van der Waals surface area contributed by atoms with Crippen LogP contribution in [-0.2, 0) is 6.73 Å². The monoisotopic (exact) mass is 310 g/mol. The van der Waals surface area contributed by atoms with Gasteiger partial charge in [-0.05, 0) is 24.6 Å². The predicted molar refractivity (Wildman–Crippen MR) is 77.2 cm³/mol. The van der Waals surface area contributed by atoms with Crippen molar-refractivity contribution in [2.45, 2.75) is 13.7 Å². The molecule has 0 atom stereocenters. The maximum absolute atomic E-state index is 11.4. The number of benzene rings is 1. The minimum Gasteiger partial charge on any atom is -0.493 e. The van der Waals surface area contributed by atoms with E-state index in [2.05, 4.69) is 5.10 Å². The molecule has 0 spiro atoms. The maximum atomic E-state index is 11.4. The first-order valence-corrected chi connectivity index (χ1v) is 6.44. The molecule has 0 aliphatic heterocycles. The lowest BCUT2D eigenvalue weighted by atomic mass is 10.2. The van der Waals surface area contributed by atoms with E-state index in [9.17, 15) is 4.79 Å². The van der Waals surface area contributed by atoms with E-state index in [1.54, 1.807) is 13.2 Å². The van der Waals surface area contributed by atoms with Gasteiger partial charge in [-0.25, -0.2) is 10.5 Å². The van der Waals surface area contributed by atoms with Gasteiger partial charge in [0.15, 0.2) is 23.9 Å². The summed E-state index contributed by atoms with van der Waals surface area (Å²) in [6.45, 7) is 2.04. The standard InChI is InChI=1S/C13H15ClN4O3/c1-8-3-4-10(11(5-8)20-2)21-7-18-6-9(14)12(17-18)13(19)16-15/h3-6H,7,15H2,1-2H3,(H,16,19). The van der Waals surface area contributed by atoms with E-state index in [-0.39, 0.29) is 17.4 Å². The van der Waals surface area contributed by atoms with Gasteiger partial charge in [0.2, 0.25) is 0 Å². The Morgan fingerprint density at radius 3 is 2.90 bits per heavy atom. The first-order valence-electron chi connectivity index (χ1n) is 6.06. The molecular weight excluding hydrogens is 296 g/mol. The molecule has 0 aliphatic carbocycles. The molecule has 0 aliphatic rings. The van der Waals surface area contributed by atoms with E-state index >= 15 is 0 Å². The summed E-state index contributed by atoms with van der Waals surface area (Å²) < 4.78 is 12.2. The number of aromatic nitrogens is 2. The molecular formula is C13H15ClN4O3. The van der Waals surface area contributed by atoms with Gasteiger partial charge in [-0.2, -0.15) is 5.10 Å². The molecule has 0 bridgehead atoms. The number of aryl methyl sites for hydroxylation is 1. The number of methoxy groups -OCH3 is 1. The molecule has 2 rings (SSSR count). The van der Waals surface area contributed by atoms with Gasteiger partial charge < -0.3 is 9.47 Å².